The van der Waals surface area contributed by atoms with Gasteiger partial charge in [0.1, 0.15) is 0 Å². The maximum atomic E-state index is 11.6. The van der Waals surface area contributed by atoms with Gasteiger partial charge >= 0.3 is 0 Å². The molecule has 4 heteroatoms. The molecule has 1 aromatic rings. The Morgan fingerprint density at radius 2 is 2.13 bits per heavy atom. The fraction of sp³-hybridized carbons (Fsp3) is 0.636. The predicted octanol–water partition coefficient (Wildman–Crippen LogP) is 2.39. The molecule has 0 aromatic carbocycles. The molecule has 0 atom stereocenters. The number of H-pyrrole nitrogens is 1. The second-order valence-electron chi connectivity index (χ2n) is 3.99. The lowest BCUT2D eigenvalue weighted by molar-refractivity contribution is 0.746. The van der Waals surface area contributed by atoms with Crippen LogP contribution in [0.25, 0.3) is 0 Å². The maximum Gasteiger partial charge on any atom is 0.254 e. The highest BCUT2D eigenvalue weighted by Gasteiger charge is 2.06. The molecule has 0 radical (unpaired) electrons. The summed E-state index contributed by atoms with van der Waals surface area (Å²) in [6.45, 7) is 8.17. The smallest absolute Gasteiger partial charge is 0.254 e. The molecule has 0 fully saturated rings. The number of aromatic amines is 1. The van der Waals surface area contributed by atoms with Crippen molar-refractivity contribution in [2.75, 3.05) is 5.75 Å². The normalized spacial score (nSPS) is 11.0. The van der Waals surface area contributed by atoms with E-state index in [2.05, 4.69) is 23.8 Å². The molecule has 0 saturated carbocycles. The van der Waals surface area contributed by atoms with Gasteiger partial charge in [0.15, 0.2) is 5.16 Å². The van der Waals surface area contributed by atoms with E-state index in [-0.39, 0.29) is 5.56 Å². The number of hydrogen-bond acceptors (Lipinski definition) is 3. The average molecular weight is 226 g/mol. The van der Waals surface area contributed by atoms with Crippen molar-refractivity contribution in [3.63, 3.8) is 0 Å². The second kappa shape index (κ2) is 5.35. The van der Waals surface area contributed by atoms with Crippen LogP contribution >= 0.6 is 11.8 Å². The van der Waals surface area contributed by atoms with Crippen molar-refractivity contribution < 1.29 is 0 Å². The Bertz CT molecular complexity index is 385. The van der Waals surface area contributed by atoms with Crippen LogP contribution in [0.3, 0.4) is 0 Å². The quantitative estimate of drug-likeness (QED) is 0.633. The molecule has 15 heavy (non-hydrogen) atoms. The molecule has 0 spiro atoms. The number of nitrogens with zero attached hydrogens (tertiary/aromatic N) is 1. The van der Waals surface area contributed by atoms with Crippen LogP contribution in [0.1, 0.15) is 32.0 Å². The van der Waals surface area contributed by atoms with Crippen molar-refractivity contribution in [1.29, 1.82) is 0 Å². The molecule has 0 unspecified atom stereocenters. The third-order valence-electron chi connectivity index (χ3n) is 2.11. The summed E-state index contributed by atoms with van der Waals surface area (Å²) in [5.74, 6) is 1.58. The summed E-state index contributed by atoms with van der Waals surface area (Å²) in [6.07, 6.45) is 0.739. The predicted molar refractivity (Wildman–Crippen MR) is 64.5 cm³/mol. The monoisotopic (exact) mass is 226 g/mol. The maximum absolute atomic E-state index is 11.6. The van der Waals surface area contributed by atoms with Crippen LogP contribution in [-0.2, 0) is 6.42 Å². The van der Waals surface area contributed by atoms with E-state index in [1.165, 1.54) is 0 Å². The van der Waals surface area contributed by atoms with Gasteiger partial charge in [-0.1, -0.05) is 32.5 Å². The van der Waals surface area contributed by atoms with E-state index < -0.39 is 0 Å². The van der Waals surface area contributed by atoms with E-state index in [0.29, 0.717) is 5.92 Å². The van der Waals surface area contributed by atoms with Gasteiger partial charge in [0.2, 0.25) is 0 Å². The minimum absolute atomic E-state index is 0.0104. The lowest BCUT2D eigenvalue weighted by Gasteiger charge is -2.06. The van der Waals surface area contributed by atoms with Crippen LogP contribution < -0.4 is 5.56 Å². The molecule has 1 heterocycles. The summed E-state index contributed by atoms with van der Waals surface area (Å²) in [5, 5.41) is 0.739. The minimum atomic E-state index is 0.0104. The second-order valence-corrected chi connectivity index (χ2v) is 5.00. The molecule has 0 saturated heterocycles. The first-order valence-corrected chi connectivity index (χ1v) is 6.25. The molecule has 0 aliphatic rings. The van der Waals surface area contributed by atoms with Gasteiger partial charge < -0.3 is 4.98 Å². The number of aromatic nitrogens is 2. The summed E-state index contributed by atoms with van der Waals surface area (Å²) in [5.41, 5.74) is 1.66. The van der Waals surface area contributed by atoms with Crippen molar-refractivity contribution in [2.45, 2.75) is 39.3 Å². The number of thioether (sulfide) groups is 1. The van der Waals surface area contributed by atoms with Crippen LogP contribution in [0.2, 0.25) is 0 Å². The molecule has 0 bridgehead atoms. The van der Waals surface area contributed by atoms with Crippen molar-refractivity contribution in [1.82, 2.24) is 9.97 Å². The molecule has 0 amide bonds. The molecule has 0 aliphatic heterocycles. The van der Waals surface area contributed by atoms with Gasteiger partial charge in [-0.3, -0.25) is 4.79 Å². The highest BCUT2D eigenvalue weighted by Crippen LogP contribution is 2.15. The van der Waals surface area contributed by atoms with E-state index in [0.717, 1.165) is 28.6 Å². The van der Waals surface area contributed by atoms with Crippen molar-refractivity contribution in [3.8, 4) is 0 Å². The first-order chi connectivity index (χ1) is 7.04. The Kier molecular flexibility index (Phi) is 4.39. The highest BCUT2D eigenvalue weighted by atomic mass is 32.2. The molecule has 0 aliphatic carbocycles. The fourth-order valence-electron chi connectivity index (χ4n) is 1.31. The average Bonchev–Trinajstić information content (AvgIpc) is 2.14. The molecule has 1 rings (SSSR count). The zero-order valence-corrected chi connectivity index (χ0v) is 10.6. The Morgan fingerprint density at radius 3 is 2.60 bits per heavy atom. The molecule has 84 valence electrons. The molecule has 1 aromatic heterocycles. The first kappa shape index (κ1) is 12.3. The Labute approximate surface area is 94.7 Å². The molecular weight excluding hydrogens is 208 g/mol. The molecule has 3 nitrogen and oxygen atoms in total. The van der Waals surface area contributed by atoms with E-state index >= 15 is 0 Å². The topological polar surface area (TPSA) is 45.8 Å². The van der Waals surface area contributed by atoms with Crippen molar-refractivity contribution in [2.24, 2.45) is 5.92 Å². The van der Waals surface area contributed by atoms with E-state index in [4.69, 9.17) is 0 Å². The van der Waals surface area contributed by atoms with Gasteiger partial charge in [-0.15, -0.1) is 0 Å². The van der Waals surface area contributed by atoms with Crippen molar-refractivity contribution in [3.05, 3.63) is 21.6 Å². The summed E-state index contributed by atoms with van der Waals surface area (Å²) >= 11 is 1.61. The van der Waals surface area contributed by atoms with E-state index in [1.807, 2.05) is 13.8 Å². The third-order valence-corrected chi connectivity index (χ3v) is 3.41. The van der Waals surface area contributed by atoms with E-state index in [9.17, 15) is 4.79 Å². The van der Waals surface area contributed by atoms with Crippen LogP contribution in [0, 0.1) is 12.8 Å². The zero-order chi connectivity index (χ0) is 11.4. The van der Waals surface area contributed by atoms with Crippen molar-refractivity contribution >= 4 is 11.8 Å². The third kappa shape index (κ3) is 3.38. The van der Waals surface area contributed by atoms with Crippen LogP contribution in [0.15, 0.2) is 9.95 Å². The van der Waals surface area contributed by atoms with Gasteiger partial charge in [0, 0.05) is 17.0 Å². The fourth-order valence-corrected chi connectivity index (χ4v) is 2.17. The highest BCUT2D eigenvalue weighted by molar-refractivity contribution is 7.99. The SMILES string of the molecule is CCc1c(C)nc(SCC(C)C)[nH]c1=O. The van der Waals surface area contributed by atoms with Gasteiger partial charge in [-0.05, 0) is 19.3 Å². The van der Waals surface area contributed by atoms with Gasteiger partial charge in [0.05, 0.1) is 0 Å². The minimum Gasteiger partial charge on any atom is -0.301 e. The van der Waals surface area contributed by atoms with Crippen LogP contribution in [0.5, 0.6) is 0 Å². The number of aryl methyl sites for hydroxylation is 1. The van der Waals surface area contributed by atoms with Crippen LogP contribution in [0.4, 0.5) is 0 Å². The molecular formula is C11H18N2OS. The van der Waals surface area contributed by atoms with Gasteiger partial charge in [-0.2, -0.15) is 0 Å². The lowest BCUT2D eigenvalue weighted by atomic mass is 10.2. The zero-order valence-electron chi connectivity index (χ0n) is 9.76. The molecule has 1 N–H and O–H groups in total. The standard InChI is InChI=1S/C11H18N2OS/c1-5-9-8(4)12-11(13-10(9)14)15-6-7(2)3/h7H,5-6H2,1-4H3,(H,12,13,14). The summed E-state index contributed by atoms with van der Waals surface area (Å²) in [7, 11) is 0. The first-order valence-electron chi connectivity index (χ1n) is 5.27. The number of nitrogens with one attached hydrogen (secondary N) is 1. The van der Waals surface area contributed by atoms with Crippen LogP contribution in [-0.4, -0.2) is 15.7 Å². The number of rotatable bonds is 4. The summed E-state index contributed by atoms with van der Waals surface area (Å²) < 4.78 is 0. The lowest BCUT2D eigenvalue weighted by Crippen LogP contribution is -2.16. The van der Waals surface area contributed by atoms with Gasteiger partial charge in [0.25, 0.3) is 5.56 Å². The summed E-state index contributed by atoms with van der Waals surface area (Å²) in [6, 6.07) is 0. The summed E-state index contributed by atoms with van der Waals surface area (Å²) in [4.78, 5) is 18.8. The largest absolute Gasteiger partial charge is 0.301 e. The number of hydrogen-bond donors (Lipinski definition) is 1. The van der Waals surface area contributed by atoms with E-state index in [1.54, 1.807) is 11.8 Å². The Morgan fingerprint density at radius 1 is 1.47 bits per heavy atom. The Balaban J connectivity index is 2.89. The Hall–Kier alpha value is -0.770. The van der Waals surface area contributed by atoms with Gasteiger partial charge in [-0.25, -0.2) is 4.98 Å².